The van der Waals surface area contributed by atoms with Gasteiger partial charge in [-0.1, -0.05) is 18.2 Å². The number of nitrogens with one attached hydrogen (secondary N) is 1. The molecule has 0 saturated carbocycles. The van der Waals surface area contributed by atoms with Crippen LogP contribution in [0.25, 0.3) is 0 Å². The predicted octanol–water partition coefficient (Wildman–Crippen LogP) is 1.03. The smallest absolute Gasteiger partial charge is 0.251 e. The maximum atomic E-state index is 12.6. The Morgan fingerprint density at radius 2 is 1.71 bits per heavy atom. The minimum Gasteiger partial charge on any atom is -0.343 e. The number of rotatable bonds is 4. The topological polar surface area (TPSA) is 69.7 Å². The first kappa shape index (κ1) is 16.5. The average molecular weight is 329 g/mol. The molecule has 0 unspecified atom stereocenters. The first-order chi connectivity index (χ1) is 11.7. The molecule has 1 aromatic rings. The van der Waals surface area contributed by atoms with Gasteiger partial charge in [-0.2, -0.15) is 0 Å². The number of hydrogen-bond donors (Lipinski definition) is 1. The average Bonchev–Trinajstić information content (AvgIpc) is 3.31. The van der Waals surface area contributed by atoms with E-state index in [1.54, 1.807) is 29.2 Å². The maximum Gasteiger partial charge on any atom is 0.251 e. The molecule has 2 aliphatic rings. The van der Waals surface area contributed by atoms with E-state index in [4.69, 9.17) is 0 Å². The van der Waals surface area contributed by atoms with Crippen LogP contribution in [-0.2, 0) is 9.59 Å². The fourth-order valence-electron chi connectivity index (χ4n) is 3.42. The van der Waals surface area contributed by atoms with Gasteiger partial charge in [0.25, 0.3) is 5.91 Å². The molecule has 2 saturated heterocycles. The molecule has 24 heavy (non-hydrogen) atoms. The molecular formula is C18H23N3O3. The van der Waals surface area contributed by atoms with Crippen molar-refractivity contribution in [3.63, 3.8) is 0 Å². The van der Waals surface area contributed by atoms with E-state index in [0.29, 0.717) is 18.5 Å². The van der Waals surface area contributed by atoms with Crippen molar-refractivity contribution in [3.05, 3.63) is 35.9 Å². The van der Waals surface area contributed by atoms with Gasteiger partial charge in [-0.3, -0.25) is 14.4 Å². The second kappa shape index (κ2) is 7.47. The molecule has 2 aliphatic heterocycles. The van der Waals surface area contributed by atoms with E-state index >= 15 is 0 Å². The van der Waals surface area contributed by atoms with Crippen LogP contribution in [0.5, 0.6) is 0 Å². The van der Waals surface area contributed by atoms with Gasteiger partial charge in [0.05, 0.1) is 6.54 Å². The Balaban J connectivity index is 1.55. The maximum absolute atomic E-state index is 12.6. The summed E-state index contributed by atoms with van der Waals surface area (Å²) >= 11 is 0. The largest absolute Gasteiger partial charge is 0.343 e. The number of carbonyl (C=O) groups excluding carboxylic acids is 3. The van der Waals surface area contributed by atoms with Crippen molar-refractivity contribution in [2.45, 2.75) is 31.7 Å². The summed E-state index contributed by atoms with van der Waals surface area (Å²) < 4.78 is 0. The second-order valence-electron chi connectivity index (χ2n) is 6.33. The normalized spacial score (nSPS) is 20.2. The van der Waals surface area contributed by atoms with Crippen LogP contribution in [0.3, 0.4) is 0 Å². The van der Waals surface area contributed by atoms with Gasteiger partial charge < -0.3 is 15.1 Å². The molecule has 3 amide bonds. The third kappa shape index (κ3) is 3.58. The molecule has 0 aliphatic carbocycles. The standard InChI is InChI=1S/C18H23N3O3/c22-16(13-19-17(23)14-7-2-1-3-8-14)21-12-6-9-15(21)18(24)20-10-4-5-11-20/h1-3,7-8,15H,4-6,9-13H2,(H,19,23)/t15-/m0/s1. The van der Waals surface area contributed by atoms with Crippen LogP contribution < -0.4 is 5.32 Å². The van der Waals surface area contributed by atoms with Crippen molar-refractivity contribution < 1.29 is 14.4 Å². The van der Waals surface area contributed by atoms with Crippen molar-refractivity contribution in [3.8, 4) is 0 Å². The van der Waals surface area contributed by atoms with Crippen molar-refractivity contribution in [1.82, 2.24) is 15.1 Å². The van der Waals surface area contributed by atoms with Crippen molar-refractivity contribution in [2.75, 3.05) is 26.2 Å². The predicted molar refractivity (Wildman–Crippen MR) is 89.3 cm³/mol. The lowest BCUT2D eigenvalue weighted by Crippen LogP contribution is -2.49. The van der Waals surface area contributed by atoms with Gasteiger partial charge in [0.15, 0.2) is 0 Å². The van der Waals surface area contributed by atoms with Crippen LogP contribution >= 0.6 is 0 Å². The Bertz CT molecular complexity index is 611. The van der Waals surface area contributed by atoms with Crippen LogP contribution in [0.2, 0.25) is 0 Å². The zero-order valence-corrected chi connectivity index (χ0v) is 13.7. The van der Waals surface area contributed by atoms with E-state index in [1.807, 2.05) is 11.0 Å². The molecular weight excluding hydrogens is 306 g/mol. The fraction of sp³-hybridized carbons (Fsp3) is 0.500. The third-order valence-electron chi connectivity index (χ3n) is 4.71. The van der Waals surface area contributed by atoms with Gasteiger partial charge in [-0.05, 0) is 37.8 Å². The van der Waals surface area contributed by atoms with Gasteiger partial charge >= 0.3 is 0 Å². The van der Waals surface area contributed by atoms with E-state index in [2.05, 4.69) is 5.32 Å². The van der Waals surface area contributed by atoms with Crippen molar-refractivity contribution >= 4 is 17.7 Å². The highest BCUT2D eigenvalue weighted by Gasteiger charge is 2.37. The van der Waals surface area contributed by atoms with Crippen LogP contribution in [0.15, 0.2) is 30.3 Å². The zero-order chi connectivity index (χ0) is 16.9. The fourth-order valence-corrected chi connectivity index (χ4v) is 3.42. The highest BCUT2D eigenvalue weighted by atomic mass is 16.2. The highest BCUT2D eigenvalue weighted by Crippen LogP contribution is 2.21. The van der Waals surface area contributed by atoms with Gasteiger partial charge in [-0.15, -0.1) is 0 Å². The number of benzene rings is 1. The molecule has 2 heterocycles. The van der Waals surface area contributed by atoms with Gasteiger partial charge in [0.1, 0.15) is 6.04 Å². The highest BCUT2D eigenvalue weighted by molar-refractivity contribution is 5.97. The summed E-state index contributed by atoms with van der Waals surface area (Å²) in [5, 5.41) is 2.65. The Labute approximate surface area is 141 Å². The Hall–Kier alpha value is -2.37. The third-order valence-corrected chi connectivity index (χ3v) is 4.71. The molecule has 128 valence electrons. The first-order valence-corrected chi connectivity index (χ1v) is 8.58. The zero-order valence-electron chi connectivity index (χ0n) is 13.7. The quantitative estimate of drug-likeness (QED) is 0.897. The Morgan fingerprint density at radius 3 is 2.42 bits per heavy atom. The minimum atomic E-state index is -0.357. The van der Waals surface area contributed by atoms with Crippen molar-refractivity contribution in [1.29, 1.82) is 0 Å². The molecule has 0 bridgehead atoms. The van der Waals surface area contributed by atoms with E-state index in [0.717, 1.165) is 32.4 Å². The van der Waals surface area contributed by atoms with Gasteiger partial charge in [0.2, 0.25) is 11.8 Å². The Morgan fingerprint density at radius 1 is 1.00 bits per heavy atom. The van der Waals surface area contributed by atoms with E-state index in [-0.39, 0.29) is 30.3 Å². The summed E-state index contributed by atoms with van der Waals surface area (Å²) in [6, 6.07) is 8.44. The summed E-state index contributed by atoms with van der Waals surface area (Å²) in [5.41, 5.74) is 0.524. The molecule has 1 aromatic carbocycles. The molecule has 3 rings (SSSR count). The summed E-state index contributed by atoms with van der Waals surface area (Å²) in [5.74, 6) is -0.396. The summed E-state index contributed by atoms with van der Waals surface area (Å²) in [6.45, 7) is 2.10. The lowest BCUT2D eigenvalue weighted by Gasteiger charge is -2.27. The molecule has 1 atom stereocenters. The SMILES string of the molecule is O=C(NCC(=O)N1CCC[C@H]1C(=O)N1CCCC1)c1ccccc1. The monoisotopic (exact) mass is 329 g/mol. The number of hydrogen-bond acceptors (Lipinski definition) is 3. The van der Waals surface area contributed by atoms with E-state index in [1.165, 1.54) is 0 Å². The number of amides is 3. The van der Waals surface area contributed by atoms with E-state index < -0.39 is 0 Å². The minimum absolute atomic E-state index is 0.0627. The number of carbonyl (C=O) groups is 3. The van der Waals surface area contributed by atoms with Crippen LogP contribution in [0, 0.1) is 0 Å². The summed E-state index contributed by atoms with van der Waals surface area (Å²) in [7, 11) is 0. The van der Waals surface area contributed by atoms with E-state index in [9.17, 15) is 14.4 Å². The lowest BCUT2D eigenvalue weighted by molar-refractivity contribution is -0.142. The Kier molecular flexibility index (Phi) is 5.13. The molecule has 2 fully saturated rings. The first-order valence-electron chi connectivity index (χ1n) is 8.58. The molecule has 0 radical (unpaired) electrons. The summed E-state index contributed by atoms with van der Waals surface area (Å²) in [6.07, 6.45) is 3.63. The van der Waals surface area contributed by atoms with Crippen LogP contribution in [0.4, 0.5) is 0 Å². The number of nitrogens with zero attached hydrogens (tertiary/aromatic N) is 2. The molecule has 0 aromatic heterocycles. The van der Waals surface area contributed by atoms with Crippen LogP contribution in [0.1, 0.15) is 36.0 Å². The molecule has 1 N–H and O–H groups in total. The molecule has 6 nitrogen and oxygen atoms in total. The molecule has 6 heteroatoms. The van der Waals surface area contributed by atoms with Crippen molar-refractivity contribution in [2.24, 2.45) is 0 Å². The van der Waals surface area contributed by atoms with Crippen LogP contribution in [-0.4, -0.2) is 59.7 Å². The van der Waals surface area contributed by atoms with Gasteiger partial charge in [-0.25, -0.2) is 0 Å². The molecule has 0 spiro atoms. The summed E-state index contributed by atoms with van der Waals surface area (Å²) in [4.78, 5) is 40.5. The second-order valence-corrected chi connectivity index (χ2v) is 6.33. The lowest BCUT2D eigenvalue weighted by atomic mass is 10.2. The number of likely N-dealkylation sites (tertiary alicyclic amines) is 2. The van der Waals surface area contributed by atoms with Gasteiger partial charge in [0, 0.05) is 25.2 Å².